The van der Waals surface area contributed by atoms with E-state index in [1.807, 2.05) is 0 Å². The second-order valence-corrected chi connectivity index (χ2v) is 8.25. The SMILES string of the molecule is BrCCCc1ccccc1[N+](CCCBr)(c1ccccc1)c1ccccc1. The molecule has 0 saturated heterocycles. The Balaban J connectivity index is 2.27. The second-order valence-electron chi connectivity index (χ2n) is 6.67. The standard InChI is InChI=1S/C24H26Br2N/c25-18-9-12-21-11-7-8-17-24(21)27(20-10-19-26,22-13-3-1-4-14-22)23-15-5-2-6-16-23/h1-8,11,13-17H,9-10,12,18-20H2/q+1. The van der Waals surface area contributed by atoms with Crippen LogP contribution in [0.3, 0.4) is 0 Å². The molecule has 0 bridgehead atoms. The van der Waals surface area contributed by atoms with Crippen molar-refractivity contribution in [1.29, 1.82) is 0 Å². The monoisotopic (exact) mass is 486 g/mol. The highest BCUT2D eigenvalue weighted by atomic mass is 79.9. The van der Waals surface area contributed by atoms with Gasteiger partial charge in [-0.2, -0.15) is 0 Å². The zero-order valence-corrected chi connectivity index (χ0v) is 18.7. The van der Waals surface area contributed by atoms with Crippen LogP contribution in [0.4, 0.5) is 17.1 Å². The van der Waals surface area contributed by atoms with Gasteiger partial charge in [-0.3, -0.25) is 0 Å². The van der Waals surface area contributed by atoms with E-state index >= 15 is 0 Å². The topological polar surface area (TPSA) is 0 Å². The van der Waals surface area contributed by atoms with Gasteiger partial charge in [-0.25, -0.2) is 4.48 Å². The van der Waals surface area contributed by atoms with Crippen LogP contribution in [0.25, 0.3) is 0 Å². The lowest BCUT2D eigenvalue weighted by atomic mass is 10.0. The molecule has 0 radical (unpaired) electrons. The number of para-hydroxylation sites is 3. The molecule has 3 heteroatoms. The first kappa shape index (κ1) is 20.3. The Morgan fingerprint density at radius 2 is 1.11 bits per heavy atom. The lowest BCUT2D eigenvalue weighted by Crippen LogP contribution is -2.40. The molecule has 0 spiro atoms. The van der Waals surface area contributed by atoms with E-state index in [0.29, 0.717) is 0 Å². The number of aryl methyl sites for hydroxylation is 1. The molecule has 27 heavy (non-hydrogen) atoms. The van der Waals surface area contributed by atoms with Crippen molar-refractivity contribution < 1.29 is 0 Å². The highest BCUT2D eigenvalue weighted by Gasteiger charge is 2.37. The summed E-state index contributed by atoms with van der Waals surface area (Å²) in [5.41, 5.74) is 5.45. The Morgan fingerprint density at radius 1 is 0.593 bits per heavy atom. The number of nitrogens with zero attached hydrogens (tertiary/aromatic N) is 1. The summed E-state index contributed by atoms with van der Waals surface area (Å²) in [5, 5.41) is 2.02. The van der Waals surface area contributed by atoms with E-state index in [1.165, 1.54) is 22.6 Å². The summed E-state index contributed by atoms with van der Waals surface area (Å²) in [6.45, 7) is 1.02. The smallest absolute Gasteiger partial charge is 0.146 e. The highest BCUT2D eigenvalue weighted by Crippen LogP contribution is 2.45. The molecule has 140 valence electrons. The predicted octanol–water partition coefficient (Wildman–Crippen LogP) is 7.77. The summed E-state index contributed by atoms with van der Waals surface area (Å²) >= 11 is 7.27. The molecule has 0 unspecified atom stereocenters. The van der Waals surface area contributed by atoms with Gasteiger partial charge >= 0.3 is 0 Å². The van der Waals surface area contributed by atoms with Crippen LogP contribution in [0.2, 0.25) is 0 Å². The van der Waals surface area contributed by atoms with Crippen LogP contribution in [0.1, 0.15) is 18.4 Å². The number of hydrogen-bond donors (Lipinski definition) is 0. The molecule has 3 aromatic carbocycles. The Bertz CT molecular complexity index is 779. The lowest BCUT2D eigenvalue weighted by molar-refractivity contribution is 0.509. The van der Waals surface area contributed by atoms with Crippen LogP contribution in [-0.2, 0) is 6.42 Å². The molecule has 0 aliphatic rings. The Morgan fingerprint density at radius 3 is 1.67 bits per heavy atom. The van der Waals surface area contributed by atoms with Crippen molar-refractivity contribution in [3.05, 3.63) is 90.5 Å². The Labute approximate surface area is 179 Å². The molecule has 0 N–H and O–H groups in total. The van der Waals surface area contributed by atoms with Crippen molar-refractivity contribution in [2.45, 2.75) is 19.3 Å². The van der Waals surface area contributed by atoms with Gasteiger partial charge < -0.3 is 0 Å². The summed E-state index contributed by atoms with van der Waals surface area (Å²) < 4.78 is 0.756. The van der Waals surface area contributed by atoms with E-state index < -0.39 is 0 Å². The van der Waals surface area contributed by atoms with Crippen molar-refractivity contribution in [2.75, 3.05) is 17.2 Å². The molecule has 0 aliphatic heterocycles. The summed E-state index contributed by atoms with van der Waals surface area (Å²) in [6.07, 6.45) is 3.31. The van der Waals surface area contributed by atoms with E-state index in [1.54, 1.807) is 0 Å². The van der Waals surface area contributed by atoms with Crippen LogP contribution in [0.15, 0.2) is 84.9 Å². The summed E-state index contributed by atoms with van der Waals surface area (Å²) in [6, 6.07) is 30.8. The van der Waals surface area contributed by atoms with Crippen LogP contribution in [-0.4, -0.2) is 17.2 Å². The molecule has 0 saturated carbocycles. The molecule has 3 aromatic rings. The highest BCUT2D eigenvalue weighted by molar-refractivity contribution is 9.09. The molecule has 3 rings (SSSR count). The van der Waals surface area contributed by atoms with Gasteiger partial charge in [0.05, 0.1) is 6.54 Å². The first-order valence-electron chi connectivity index (χ1n) is 9.52. The minimum Gasteiger partial charge on any atom is -0.226 e. The molecule has 1 nitrogen and oxygen atoms in total. The number of quaternary nitrogens is 1. The van der Waals surface area contributed by atoms with Crippen LogP contribution in [0, 0.1) is 0 Å². The minimum absolute atomic E-state index is 0.756. The molecule has 0 atom stereocenters. The van der Waals surface area contributed by atoms with E-state index in [2.05, 4.69) is 117 Å². The van der Waals surface area contributed by atoms with Gasteiger partial charge in [0.1, 0.15) is 17.1 Å². The fraction of sp³-hybridized carbons (Fsp3) is 0.250. The van der Waals surface area contributed by atoms with Crippen LogP contribution in [0.5, 0.6) is 0 Å². The van der Waals surface area contributed by atoms with Gasteiger partial charge in [0.15, 0.2) is 0 Å². The average Bonchev–Trinajstić information content (AvgIpc) is 2.75. The third-order valence-corrected chi connectivity index (χ3v) is 6.13. The third kappa shape index (κ3) is 4.53. The number of rotatable bonds is 9. The number of halogens is 2. The van der Waals surface area contributed by atoms with E-state index in [-0.39, 0.29) is 0 Å². The average molecular weight is 488 g/mol. The van der Waals surface area contributed by atoms with Crippen molar-refractivity contribution in [3.8, 4) is 0 Å². The van der Waals surface area contributed by atoms with E-state index in [9.17, 15) is 0 Å². The molecule has 0 aliphatic carbocycles. The first-order chi connectivity index (χ1) is 13.3. The number of hydrogen-bond acceptors (Lipinski definition) is 0. The van der Waals surface area contributed by atoms with Gasteiger partial charge in [0, 0.05) is 28.7 Å². The van der Waals surface area contributed by atoms with Crippen molar-refractivity contribution >= 4 is 48.9 Å². The van der Waals surface area contributed by atoms with E-state index in [4.69, 9.17) is 0 Å². The largest absolute Gasteiger partial charge is 0.226 e. The quantitative estimate of drug-likeness (QED) is 0.213. The van der Waals surface area contributed by atoms with Crippen molar-refractivity contribution in [3.63, 3.8) is 0 Å². The van der Waals surface area contributed by atoms with Crippen molar-refractivity contribution in [2.24, 2.45) is 0 Å². The zero-order chi connectivity index (χ0) is 19.0. The van der Waals surface area contributed by atoms with Gasteiger partial charge in [-0.1, -0.05) is 86.5 Å². The maximum atomic E-state index is 3.66. The zero-order valence-electron chi connectivity index (χ0n) is 15.5. The maximum absolute atomic E-state index is 3.66. The molecule has 0 heterocycles. The normalized spacial score (nSPS) is 11.5. The van der Waals surface area contributed by atoms with Gasteiger partial charge in [-0.05, 0) is 37.1 Å². The molecular weight excluding hydrogens is 462 g/mol. The van der Waals surface area contributed by atoms with Gasteiger partial charge in [0.2, 0.25) is 0 Å². The predicted molar refractivity (Wildman–Crippen MR) is 126 cm³/mol. The molecule has 0 aromatic heterocycles. The molecule has 0 fully saturated rings. The fourth-order valence-electron chi connectivity index (χ4n) is 3.82. The number of alkyl halides is 2. The maximum Gasteiger partial charge on any atom is 0.146 e. The first-order valence-corrected chi connectivity index (χ1v) is 11.8. The third-order valence-electron chi connectivity index (χ3n) is 5.00. The summed E-state index contributed by atoms with van der Waals surface area (Å²) in [4.78, 5) is 0. The second kappa shape index (κ2) is 10.2. The van der Waals surface area contributed by atoms with E-state index in [0.717, 1.165) is 41.0 Å². The summed E-state index contributed by atoms with van der Waals surface area (Å²) in [7, 11) is 0. The van der Waals surface area contributed by atoms with Crippen LogP contribution < -0.4 is 4.48 Å². The fourth-order valence-corrected chi connectivity index (χ4v) is 4.35. The Kier molecular flexibility index (Phi) is 7.69. The van der Waals surface area contributed by atoms with Gasteiger partial charge in [-0.15, -0.1) is 0 Å². The summed E-state index contributed by atoms with van der Waals surface area (Å²) in [5.74, 6) is 0. The molecular formula is C24H26Br2N+. The Hall–Kier alpha value is -1.42. The minimum atomic E-state index is 0.756. The van der Waals surface area contributed by atoms with Crippen molar-refractivity contribution in [1.82, 2.24) is 4.48 Å². The van der Waals surface area contributed by atoms with Gasteiger partial charge in [0.25, 0.3) is 0 Å². The molecule has 0 amide bonds. The van der Waals surface area contributed by atoms with Crippen LogP contribution >= 0.6 is 31.9 Å². The number of benzene rings is 3. The lowest BCUT2D eigenvalue weighted by Gasteiger charge is -2.38.